The lowest BCUT2D eigenvalue weighted by atomic mass is 10.1. The maximum atomic E-state index is 9.02. The number of aromatic nitrogens is 2. The first-order chi connectivity index (χ1) is 5.69. The number of aliphatic hydroxyl groups is 1. The number of imidazole rings is 1. The van der Waals surface area contributed by atoms with Crippen LogP contribution in [0.25, 0.3) is 0 Å². The molecule has 3 nitrogen and oxygen atoms in total. The van der Waals surface area contributed by atoms with E-state index < -0.39 is 0 Å². The monoisotopic (exact) mass is 168 g/mol. The fourth-order valence-electron chi connectivity index (χ4n) is 1.18. The van der Waals surface area contributed by atoms with Crippen molar-refractivity contribution in [2.75, 3.05) is 6.61 Å². The van der Waals surface area contributed by atoms with Gasteiger partial charge in [0.25, 0.3) is 0 Å². The Labute approximate surface area is 72.8 Å². The van der Waals surface area contributed by atoms with Gasteiger partial charge in [-0.15, -0.1) is 0 Å². The normalized spacial score (nSPS) is 13.3. The number of nitrogens with one attached hydrogen (secondary N) is 1. The second kappa shape index (κ2) is 3.72. The highest BCUT2D eigenvalue weighted by Crippen LogP contribution is 2.16. The highest BCUT2D eigenvalue weighted by atomic mass is 16.3. The highest BCUT2D eigenvalue weighted by molar-refractivity contribution is 5.13. The van der Waals surface area contributed by atoms with Crippen LogP contribution in [0.3, 0.4) is 0 Å². The summed E-state index contributed by atoms with van der Waals surface area (Å²) in [5, 5.41) is 9.02. The molecule has 0 radical (unpaired) electrons. The van der Waals surface area contributed by atoms with E-state index in [1.54, 1.807) is 0 Å². The molecule has 0 bridgehead atoms. The van der Waals surface area contributed by atoms with E-state index in [2.05, 4.69) is 9.97 Å². The van der Waals surface area contributed by atoms with E-state index in [0.29, 0.717) is 0 Å². The molecule has 0 amide bonds. The number of nitrogens with zero attached hydrogens (tertiary/aromatic N) is 1. The lowest BCUT2D eigenvalue weighted by molar-refractivity contribution is 0.258. The van der Waals surface area contributed by atoms with Crippen LogP contribution >= 0.6 is 0 Å². The molecule has 1 aromatic rings. The van der Waals surface area contributed by atoms with Crippen molar-refractivity contribution in [3.05, 3.63) is 17.2 Å². The van der Waals surface area contributed by atoms with E-state index in [4.69, 9.17) is 5.11 Å². The number of aryl methyl sites for hydroxylation is 2. The molecule has 1 heterocycles. The van der Waals surface area contributed by atoms with E-state index in [0.717, 1.165) is 23.6 Å². The molecule has 0 aromatic carbocycles. The minimum atomic E-state index is 0.164. The standard InChI is InChI=1S/C9H16N2O/c1-4-8(5-12)9-10-6(2)7(3)11-9/h8,12H,4-5H2,1-3H3,(H,10,11). The van der Waals surface area contributed by atoms with Crippen molar-refractivity contribution in [2.45, 2.75) is 33.1 Å². The number of aliphatic hydroxyl groups excluding tert-OH is 1. The largest absolute Gasteiger partial charge is 0.396 e. The smallest absolute Gasteiger partial charge is 0.111 e. The highest BCUT2D eigenvalue weighted by Gasteiger charge is 2.12. The van der Waals surface area contributed by atoms with E-state index in [1.165, 1.54) is 0 Å². The van der Waals surface area contributed by atoms with Crippen molar-refractivity contribution in [1.82, 2.24) is 9.97 Å². The van der Waals surface area contributed by atoms with Gasteiger partial charge in [-0.25, -0.2) is 4.98 Å². The number of hydrogen-bond donors (Lipinski definition) is 2. The van der Waals surface area contributed by atoms with Gasteiger partial charge < -0.3 is 10.1 Å². The van der Waals surface area contributed by atoms with Gasteiger partial charge in [0.2, 0.25) is 0 Å². The van der Waals surface area contributed by atoms with Crippen LogP contribution in [0.5, 0.6) is 0 Å². The van der Waals surface area contributed by atoms with Crippen LogP contribution in [0.4, 0.5) is 0 Å². The molecular formula is C9H16N2O. The first-order valence-electron chi connectivity index (χ1n) is 4.33. The van der Waals surface area contributed by atoms with Crippen LogP contribution in [0.1, 0.15) is 36.5 Å². The summed E-state index contributed by atoms with van der Waals surface area (Å²) >= 11 is 0. The number of rotatable bonds is 3. The number of H-pyrrole nitrogens is 1. The summed E-state index contributed by atoms with van der Waals surface area (Å²) < 4.78 is 0. The summed E-state index contributed by atoms with van der Waals surface area (Å²) in [4.78, 5) is 7.51. The molecule has 12 heavy (non-hydrogen) atoms. The van der Waals surface area contributed by atoms with Crippen LogP contribution in [0.15, 0.2) is 0 Å². The van der Waals surface area contributed by atoms with Crippen LogP contribution in [0, 0.1) is 13.8 Å². The SMILES string of the molecule is CCC(CO)c1nc(C)c(C)[nH]1. The topological polar surface area (TPSA) is 48.9 Å². The fraction of sp³-hybridized carbons (Fsp3) is 0.667. The molecular weight excluding hydrogens is 152 g/mol. The van der Waals surface area contributed by atoms with Crippen LogP contribution in [-0.2, 0) is 0 Å². The molecule has 1 aromatic heterocycles. The van der Waals surface area contributed by atoms with Gasteiger partial charge in [-0.2, -0.15) is 0 Å². The Morgan fingerprint density at radius 2 is 2.17 bits per heavy atom. The third-order valence-corrected chi connectivity index (χ3v) is 2.25. The lowest BCUT2D eigenvalue weighted by Gasteiger charge is -2.06. The number of hydrogen-bond acceptors (Lipinski definition) is 2. The van der Waals surface area contributed by atoms with E-state index in [9.17, 15) is 0 Å². The Bertz CT molecular complexity index is 232. The first-order valence-corrected chi connectivity index (χ1v) is 4.33. The minimum Gasteiger partial charge on any atom is -0.396 e. The maximum Gasteiger partial charge on any atom is 0.111 e. The predicted octanol–water partition coefficient (Wildman–Crippen LogP) is 1.51. The van der Waals surface area contributed by atoms with E-state index >= 15 is 0 Å². The molecule has 0 saturated heterocycles. The van der Waals surface area contributed by atoms with Crippen molar-refractivity contribution in [3.63, 3.8) is 0 Å². The zero-order valence-electron chi connectivity index (χ0n) is 7.89. The average Bonchev–Trinajstić information content (AvgIpc) is 2.35. The fourth-order valence-corrected chi connectivity index (χ4v) is 1.18. The zero-order chi connectivity index (χ0) is 9.14. The van der Waals surface area contributed by atoms with Crippen molar-refractivity contribution >= 4 is 0 Å². The predicted molar refractivity (Wildman–Crippen MR) is 48.2 cm³/mol. The quantitative estimate of drug-likeness (QED) is 0.718. The third kappa shape index (κ3) is 1.67. The van der Waals surface area contributed by atoms with Gasteiger partial charge in [-0.05, 0) is 20.3 Å². The van der Waals surface area contributed by atoms with Crippen molar-refractivity contribution in [3.8, 4) is 0 Å². The van der Waals surface area contributed by atoms with Gasteiger partial charge in [0.05, 0.1) is 12.3 Å². The first kappa shape index (κ1) is 9.26. The summed E-state index contributed by atoms with van der Waals surface area (Å²) in [5.74, 6) is 1.08. The summed E-state index contributed by atoms with van der Waals surface area (Å²) in [5.41, 5.74) is 2.12. The van der Waals surface area contributed by atoms with Crippen LogP contribution < -0.4 is 0 Å². The minimum absolute atomic E-state index is 0.164. The maximum absolute atomic E-state index is 9.02. The third-order valence-electron chi connectivity index (χ3n) is 2.25. The van der Waals surface area contributed by atoms with Crippen molar-refractivity contribution < 1.29 is 5.11 Å². The molecule has 68 valence electrons. The molecule has 0 aliphatic heterocycles. The van der Waals surface area contributed by atoms with Gasteiger partial charge in [-0.1, -0.05) is 6.92 Å². The summed E-state index contributed by atoms with van der Waals surface area (Å²) in [7, 11) is 0. The Kier molecular flexibility index (Phi) is 2.87. The summed E-state index contributed by atoms with van der Waals surface area (Å²) in [6, 6.07) is 0. The van der Waals surface area contributed by atoms with Crippen molar-refractivity contribution in [1.29, 1.82) is 0 Å². The summed E-state index contributed by atoms with van der Waals surface area (Å²) in [6.45, 7) is 6.19. The second-order valence-corrected chi connectivity index (χ2v) is 3.12. The Balaban J connectivity index is 2.86. The molecule has 0 spiro atoms. The molecule has 3 heteroatoms. The molecule has 0 aliphatic rings. The number of aromatic amines is 1. The second-order valence-electron chi connectivity index (χ2n) is 3.12. The molecule has 0 saturated carbocycles. The van der Waals surface area contributed by atoms with Crippen molar-refractivity contribution in [2.24, 2.45) is 0 Å². The van der Waals surface area contributed by atoms with Gasteiger partial charge in [-0.3, -0.25) is 0 Å². The molecule has 0 fully saturated rings. The molecule has 1 atom stereocenters. The Morgan fingerprint density at radius 3 is 2.50 bits per heavy atom. The molecule has 0 aliphatic carbocycles. The molecule has 2 N–H and O–H groups in total. The van der Waals surface area contributed by atoms with Crippen LogP contribution in [0.2, 0.25) is 0 Å². The average molecular weight is 168 g/mol. The van der Waals surface area contributed by atoms with E-state index in [1.807, 2.05) is 20.8 Å². The van der Waals surface area contributed by atoms with Crippen LogP contribution in [-0.4, -0.2) is 21.7 Å². The zero-order valence-corrected chi connectivity index (χ0v) is 7.89. The van der Waals surface area contributed by atoms with E-state index in [-0.39, 0.29) is 12.5 Å². The van der Waals surface area contributed by atoms with Gasteiger partial charge in [0.1, 0.15) is 5.82 Å². The molecule has 1 rings (SSSR count). The summed E-state index contributed by atoms with van der Waals surface area (Å²) in [6.07, 6.45) is 0.920. The van der Waals surface area contributed by atoms with Gasteiger partial charge >= 0.3 is 0 Å². The van der Waals surface area contributed by atoms with Gasteiger partial charge in [0, 0.05) is 11.6 Å². The lowest BCUT2D eigenvalue weighted by Crippen LogP contribution is -2.04. The molecule has 1 unspecified atom stereocenters. The Hall–Kier alpha value is -0.830. The Morgan fingerprint density at radius 1 is 1.50 bits per heavy atom. The van der Waals surface area contributed by atoms with Gasteiger partial charge in [0.15, 0.2) is 0 Å².